The smallest absolute Gasteiger partial charge is 0.317 e. The van der Waals surface area contributed by atoms with Crippen molar-refractivity contribution in [2.75, 3.05) is 24.5 Å². The average molecular weight is 381 g/mol. The lowest BCUT2D eigenvalue weighted by molar-refractivity contribution is 0.149. The number of piperidine rings is 1. The van der Waals surface area contributed by atoms with Crippen molar-refractivity contribution in [3.63, 3.8) is 0 Å². The maximum atomic E-state index is 12.6. The van der Waals surface area contributed by atoms with E-state index in [9.17, 15) is 4.79 Å². The Kier molecular flexibility index (Phi) is 4.86. The van der Waals surface area contributed by atoms with Gasteiger partial charge in [-0.15, -0.1) is 0 Å². The predicted octanol–water partition coefficient (Wildman–Crippen LogP) is 4.42. The quantitative estimate of drug-likeness (QED) is 0.856. The summed E-state index contributed by atoms with van der Waals surface area (Å²) in [7, 11) is 0. The maximum Gasteiger partial charge on any atom is 0.317 e. The van der Waals surface area contributed by atoms with Crippen LogP contribution in [-0.2, 0) is 5.54 Å². The molecule has 1 saturated heterocycles. The number of fused-ring (bicyclic) bond motifs is 4. The van der Waals surface area contributed by atoms with Gasteiger partial charge in [-0.05, 0) is 69.9 Å². The van der Waals surface area contributed by atoms with Gasteiger partial charge in [0.1, 0.15) is 0 Å². The van der Waals surface area contributed by atoms with Crippen molar-refractivity contribution in [2.24, 2.45) is 0 Å². The third-order valence-corrected chi connectivity index (χ3v) is 6.60. The molecular weight excluding hydrogens is 348 g/mol. The number of likely N-dealkylation sites (tertiary alicyclic amines) is 1. The molecule has 4 rings (SSSR count). The molecule has 5 nitrogen and oxygen atoms in total. The second-order valence-corrected chi connectivity index (χ2v) is 8.28. The second-order valence-electron chi connectivity index (χ2n) is 8.28. The number of hydrogen-bond donors (Lipinski definition) is 1. The first-order chi connectivity index (χ1) is 13.5. The molecule has 1 N–H and O–H groups in total. The molecule has 28 heavy (non-hydrogen) atoms. The molecule has 2 aliphatic heterocycles. The van der Waals surface area contributed by atoms with Crippen molar-refractivity contribution in [3.05, 3.63) is 47.8 Å². The van der Waals surface area contributed by atoms with Gasteiger partial charge >= 0.3 is 6.03 Å². The Bertz CT molecular complexity index is 863. The van der Waals surface area contributed by atoms with Gasteiger partial charge in [-0.2, -0.15) is 0 Å². The minimum atomic E-state index is -0.0494. The van der Waals surface area contributed by atoms with Crippen LogP contribution in [0.25, 0.3) is 5.69 Å². The molecule has 0 radical (unpaired) electrons. The van der Waals surface area contributed by atoms with E-state index in [1.54, 1.807) is 0 Å². The van der Waals surface area contributed by atoms with Crippen LogP contribution < -0.4 is 10.2 Å². The Morgan fingerprint density at radius 3 is 2.61 bits per heavy atom. The minimum absolute atomic E-state index is 0.0494. The molecule has 1 fully saturated rings. The monoisotopic (exact) mass is 380 g/mol. The summed E-state index contributed by atoms with van der Waals surface area (Å²) in [5, 5.41) is 3.12. The first kappa shape index (κ1) is 18.9. The molecule has 5 heteroatoms. The Morgan fingerprint density at radius 1 is 1.18 bits per heavy atom. The molecule has 0 saturated carbocycles. The Labute approximate surface area is 168 Å². The first-order valence-corrected chi connectivity index (χ1v) is 10.6. The highest BCUT2D eigenvalue weighted by molar-refractivity contribution is 5.75. The lowest BCUT2D eigenvalue weighted by atomic mass is 9.80. The van der Waals surface area contributed by atoms with Crippen molar-refractivity contribution >= 4 is 11.7 Å². The summed E-state index contributed by atoms with van der Waals surface area (Å²) >= 11 is 0. The normalized spacial score (nSPS) is 18.6. The number of aromatic nitrogens is 1. The fourth-order valence-corrected chi connectivity index (χ4v) is 4.88. The Hall–Kier alpha value is -2.43. The SMILES string of the molecule is CC[C@@H](C)NC(=O)N1CCC2(CC1)c1cccn1-c1ccc(C)cc1N2CC. The fraction of sp³-hybridized carbons (Fsp3) is 0.522. The van der Waals surface area contributed by atoms with Gasteiger partial charge in [-0.1, -0.05) is 13.0 Å². The van der Waals surface area contributed by atoms with E-state index in [1.165, 1.54) is 22.6 Å². The number of anilines is 1. The highest BCUT2D eigenvalue weighted by Gasteiger charge is 2.46. The number of carbonyl (C=O) groups is 1. The topological polar surface area (TPSA) is 40.5 Å². The van der Waals surface area contributed by atoms with Crippen LogP contribution in [0.3, 0.4) is 0 Å². The van der Waals surface area contributed by atoms with Crippen molar-refractivity contribution in [1.29, 1.82) is 0 Å². The summed E-state index contributed by atoms with van der Waals surface area (Å²) in [5.41, 5.74) is 5.16. The lowest BCUT2D eigenvalue weighted by Gasteiger charge is -2.53. The van der Waals surface area contributed by atoms with E-state index in [1.807, 2.05) is 4.90 Å². The van der Waals surface area contributed by atoms with Crippen molar-refractivity contribution in [2.45, 2.75) is 58.5 Å². The zero-order chi connectivity index (χ0) is 19.9. The van der Waals surface area contributed by atoms with Gasteiger partial charge in [0.2, 0.25) is 0 Å². The molecule has 3 heterocycles. The van der Waals surface area contributed by atoms with Crippen LogP contribution in [0, 0.1) is 6.92 Å². The number of amides is 2. The van der Waals surface area contributed by atoms with E-state index in [-0.39, 0.29) is 17.6 Å². The van der Waals surface area contributed by atoms with E-state index < -0.39 is 0 Å². The van der Waals surface area contributed by atoms with E-state index in [0.29, 0.717) is 0 Å². The van der Waals surface area contributed by atoms with Crippen molar-refractivity contribution < 1.29 is 4.79 Å². The number of benzene rings is 1. The molecule has 1 aromatic heterocycles. The summed E-state index contributed by atoms with van der Waals surface area (Å²) in [6, 6.07) is 11.5. The second kappa shape index (κ2) is 7.19. The number of nitrogens with zero attached hydrogens (tertiary/aromatic N) is 3. The predicted molar refractivity (Wildman–Crippen MR) is 114 cm³/mol. The minimum Gasteiger partial charge on any atom is -0.359 e. The van der Waals surface area contributed by atoms with E-state index in [4.69, 9.17) is 0 Å². The number of urea groups is 1. The van der Waals surface area contributed by atoms with E-state index in [2.05, 4.69) is 79.0 Å². The van der Waals surface area contributed by atoms with Crippen LogP contribution in [0.5, 0.6) is 0 Å². The molecule has 0 unspecified atom stereocenters. The van der Waals surface area contributed by atoms with Crippen LogP contribution >= 0.6 is 0 Å². The van der Waals surface area contributed by atoms with Gasteiger partial charge in [0.15, 0.2) is 0 Å². The highest BCUT2D eigenvalue weighted by atomic mass is 16.2. The van der Waals surface area contributed by atoms with Gasteiger partial charge in [0, 0.05) is 37.6 Å². The van der Waals surface area contributed by atoms with Gasteiger partial charge < -0.3 is 19.7 Å². The average Bonchev–Trinajstić information content (AvgIpc) is 3.19. The number of hydrogen-bond acceptors (Lipinski definition) is 2. The standard InChI is InChI=1S/C23H32N4O/c1-5-18(4)24-22(28)25-14-11-23(12-15-25)21-8-7-13-26(21)19-10-9-17(3)16-20(19)27(23)6-2/h7-10,13,16,18H,5-6,11-12,14-15H2,1-4H3,(H,24,28)/t18-/m1/s1. The van der Waals surface area contributed by atoms with E-state index in [0.717, 1.165) is 38.9 Å². The molecule has 150 valence electrons. The number of carbonyl (C=O) groups excluding carboxylic acids is 1. The van der Waals surface area contributed by atoms with Gasteiger partial charge in [-0.25, -0.2) is 4.79 Å². The molecule has 0 bridgehead atoms. The molecule has 1 spiro atoms. The fourth-order valence-electron chi connectivity index (χ4n) is 4.88. The molecule has 2 amide bonds. The summed E-state index contributed by atoms with van der Waals surface area (Å²) in [6.45, 7) is 11.1. The zero-order valence-corrected chi connectivity index (χ0v) is 17.5. The maximum absolute atomic E-state index is 12.6. The first-order valence-electron chi connectivity index (χ1n) is 10.6. The van der Waals surface area contributed by atoms with Gasteiger partial charge in [0.05, 0.1) is 16.9 Å². The molecule has 1 atom stereocenters. The molecular formula is C23H32N4O. The lowest BCUT2D eigenvalue weighted by Crippen LogP contribution is -2.58. The Morgan fingerprint density at radius 2 is 1.93 bits per heavy atom. The Balaban J connectivity index is 1.66. The molecule has 1 aromatic carbocycles. The van der Waals surface area contributed by atoms with Crippen molar-refractivity contribution in [3.8, 4) is 5.69 Å². The van der Waals surface area contributed by atoms with Crippen molar-refractivity contribution in [1.82, 2.24) is 14.8 Å². The summed E-state index contributed by atoms with van der Waals surface area (Å²) < 4.78 is 2.36. The van der Waals surface area contributed by atoms with E-state index >= 15 is 0 Å². The van der Waals surface area contributed by atoms with Crippen LogP contribution in [0.15, 0.2) is 36.5 Å². The third kappa shape index (κ3) is 2.88. The highest BCUT2D eigenvalue weighted by Crippen LogP contribution is 2.48. The largest absolute Gasteiger partial charge is 0.359 e. The molecule has 0 aliphatic carbocycles. The number of rotatable bonds is 3. The number of aryl methyl sites for hydroxylation is 1. The van der Waals surface area contributed by atoms with Crippen LogP contribution in [0.4, 0.5) is 10.5 Å². The molecule has 2 aliphatic rings. The number of nitrogens with one attached hydrogen (secondary N) is 1. The van der Waals surface area contributed by atoms with Crippen LogP contribution in [0.1, 0.15) is 51.3 Å². The van der Waals surface area contributed by atoms with Gasteiger partial charge in [-0.3, -0.25) is 0 Å². The van der Waals surface area contributed by atoms with Crippen LogP contribution in [-0.4, -0.2) is 41.2 Å². The summed E-state index contributed by atoms with van der Waals surface area (Å²) in [6.07, 6.45) is 5.04. The summed E-state index contributed by atoms with van der Waals surface area (Å²) in [5.74, 6) is 0. The zero-order valence-electron chi connectivity index (χ0n) is 17.5. The summed E-state index contributed by atoms with van der Waals surface area (Å²) in [4.78, 5) is 17.2. The van der Waals surface area contributed by atoms with Crippen LogP contribution in [0.2, 0.25) is 0 Å². The van der Waals surface area contributed by atoms with Gasteiger partial charge in [0.25, 0.3) is 0 Å². The molecule has 2 aromatic rings. The third-order valence-electron chi connectivity index (χ3n) is 6.60.